The summed E-state index contributed by atoms with van der Waals surface area (Å²) in [5.74, 6) is -0.822. The van der Waals surface area contributed by atoms with E-state index in [0.29, 0.717) is 13.0 Å². The first kappa shape index (κ1) is 7.22. The van der Waals surface area contributed by atoms with Gasteiger partial charge in [0.05, 0.1) is 0 Å². The predicted molar refractivity (Wildman–Crippen MR) is 31.0 cm³/mol. The van der Waals surface area contributed by atoms with Crippen LogP contribution < -0.4 is 0 Å². The molecule has 1 aliphatic heterocycles. The molecule has 54 valence electrons. The second-order valence-corrected chi connectivity index (χ2v) is 3.81. The molecule has 0 aromatic carbocycles. The molecule has 1 atom stereocenters. The van der Waals surface area contributed by atoms with Gasteiger partial charge in [-0.05, 0) is 12.8 Å². The van der Waals surface area contributed by atoms with Crippen molar-refractivity contribution in [2.24, 2.45) is 0 Å². The van der Waals surface area contributed by atoms with E-state index in [2.05, 4.69) is 0 Å². The number of ether oxygens (including phenoxy) is 1. The van der Waals surface area contributed by atoms with E-state index in [9.17, 15) is 4.57 Å². The van der Waals surface area contributed by atoms with Gasteiger partial charge >= 0.3 is 7.60 Å². The third-order valence-corrected chi connectivity index (χ3v) is 2.44. The third kappa shape index (κ3) is 1.76. The average Bonchev–Trinajstić information content (AvgIpc) is 2.08. The Morgan fingerprint density at radius 1 is 1.56 bits per heavy atom. The molecule has 1 rings (SSSR count). The van der Waals surface area contributed by atoms with Crippen LogP contribution in [-0.2, 0) is 9.30 Å². The SMILES string of the molecule is O=P(O)(O)C1CCCO1. The summed E-state index contributed by atoms with van der Waals surface area (Å²) in [6, 6.07) is 0. The molecule has 9 heavy (non-hydrogen) atoms. The van der Waals surface area contributed by atoms with Gasteiger partial charge in [0.1, 0.15) is 0 Å². The monoisotopic (exact) mass is 152 g/mol. The largest absolute Gasteiger partial charge is 0.366 e. The molecule has 1 aliphatic rings. The Morgan fingerprint density at radius 2 is 2.22 bits per heavy atom. The first-order valence-corrected chi connectivity index (χ1v) is 4.45. The molecule has 2 N–H and O–H groups in total. The van der Waals surface area contributed by atoms with Crippen LogP contribution in [-0.4, -0.2) is 22.2 Å². The lowest BCUT2D eigenvalue weighted by Gasteiger charge is -2.09. The van der Waals surface area contributed by atoms with E-state index in [1.54, 1.807) is 0 Å². The highest BCUT2D eigenvalue weighted by Gasteiger charge is 2.32. The van der Waals surface area contributed by atoms with E-state index in [0.717, 1.165) is 6.42 Å². The molecule has 0 radical (unpaired) electrons. The maximum absolute atomic E-state index is 10.4. The van der Waals surface area contributed by atoms with Crippen molar-refractivity contribution in [2.45, 2.75) is 18.7 Å². The third-order valence-electron chi connectivity index (χ3n) is 1.28. The minimum atomic E-state index is -3.94. The maximum Gasteiger partial charge on any atom is 0.354 e. The van der Waals surface area contributed by atoms with Crippen molar-refractivity contribution in [3.8, 4) is 0 Å². The standard InChI is InChI=1S/C4H9O4P/c5-9(6,7)4-2-1-3-8-4/h4H,1-3H2,(H2,5,6,7). The lowest BCUT2D eigenvalue weighted by Crippen LogP contribution is -2.04. The molecule has 0 amide bonds. The normalized spacial score (nSPS) is 28.9. The first-order chi connectivity index (χ1) is 4.11. The van der Waals surface area contributed by atoms with Gasteiger partial charge in [-0.15, -0.1) is 0 Å². The average molecular weight is 152 g/mol. The fraction of sp³-hybridized carbons (Fsp3) is 1.00. The molecule has 1 fully saturated rings. The highest BCUT2D eigenvalue weighted by Crippen LogP contribution is 2.46. The zero-order valence-electron chi connectivity index (χ0n) is 4.86. The molecule has 1 unspecified atom stereocenters. The molecule has 5 heteroatoms. The Balaban J connectivity index is 2.52. The van der Waals surface area contributed by atoms with Gasteiger partial charge in [-0.3, -0.25) is 4.57 Å². The van der Waals surface area contributed by atoms with Gasteiger partial charge in [-0.2, -0.15) is 0 Å². The van der Waals surface area contributed by atoms with Gasteiger partial charge in [0.2, 0.25) is 0 Å². The van der Waals surface area contributed by atoms with E-state index in [-0.39, 0.29) is 0 Å². The Hall–Kier alpha value is 0.110. The van der Waals surface area contributed by atoms with E-state index in [4.69, 9.17) is 14.5 Å². The van der Waals surface area contributed by atoms with Crippen molar-refractivity contribution in [1.29, 1.82) is 0 Å². The molecule has 1 heterocycles. The lowest BCUT2D eigenvalue weighted by molar-refractivity contribution is 0.140. The van der Waals surface area contributed by atoms with E-state index in [1.165, 1.54) is 0 Å². The smallest absolute Gasteiger partial charge is 0.354 e. The summed E-state index contributed by atoms with van der Waals surface area (Å²) in [7, 11) is -3.94. The minimum Gasteiger partial charge on any atom is -0.366 e. The predicted octanol–water partition coefficient (Wildman–Crippen LogP) is 0.301. The molecule has 0 aromatic rings. The highest BCUT2D eigenvalue weighted by molar-refractivity contribution is 7.52. The fourth-order valence-electron chi connectivity index (χ4n) is 0.826. The molecule has 4 nitrogen and oxygen atoms in total. The van der Waals surface area contributed by atoms with E-state index < -0.39 is 13.4 Å². The molecular weight excluding hydrogens is 143 g/mol. The lowest BCUT2D eigenvalue weighted by atomic mass is 10.4. The fourth-order valence-corrected chi connectivity index (χ4v) is 1.64. The van der Waals surface area contributed by atoms with Crippen molar-refractivity contribution < 1.29 is 19.1 Å². The van der Waals surface area contributed by atoms with E-state index >= 15 is 0 Å². The molecule has 0 aromatic heterocycles. The molecular formula is C4H9O4P. The maximum atomic E-state index is 10.4. The minimum absolute atomic E-state index is 0.482. The second-order valence-electron chi connectivity index (χ2n) is 2.06. The van der Waals surface area contributed by atoms with Crippen molar-refractivity contribution in [3.05, 3.63) is 0 Å². The first-order valence-electron chi connectivity index (χ1n) is 2.77. The van der Waals surface area contributed by atoms with Crippen LogP contribution in [0.5, 0.6) is 0 Å². The molecule has 0 aliphatic carbocycles. The van der Waals surface area contributed by atoms with Crippen LogP contribution in [0.4, 0.5) is 0 Å². The summed E-state index contributed by atoms with van der Waals surface area (Å²) in [6.45, 7) is 0.482. The van der Waals surface area contributed by atoms with Gasteiger partial charge in [0, 0.05) is 6.61 Å². The van der Waals surface area contributed by atoms with Gasteiger partial charge < -0.3 is 14.5 Å². The number of rotatable bonds is 1. The Bertz CT molecular complexity index is 134. The van der Waals surface area contributed by atoms with Crippen LogP contribution in [0.1, 0.15) is 12.8 Å². The van der Waals surface area contributed by atoms with Crippen molar-refractivity contribution in [3.63, 3.8) is 0 Å². The Labute approximate surface area is 53.0 Å². The van der Waals surface area contributed by atoms with Crippen LogP contribution >= 0.6 is 7.60 Å². The number of hydrogen-bond acceptors (Lipinski definition) is 2. The van der Waals surface area contributed by atoms with Gasteiger partial charge in [-0.1, -0.05) is 0 Å². The molecule has 1 saturated heterocycles. The van der Waals surface area contributed by atoms with Crippen LogP contribution in [0.2, 0.25) is 0 Å². The number of hydrogen-bond donors (Lipinski definition) is 2. The molecule has 0 bridgehead atoms. The van der Waals surface area contributed by atoms with Crippen LogP contribution in [0.3, 0.4) is 0 Å². The summed E-state index contributed by atoms with van der Waals surface area (Å²) in [5.41, 5.74) is 0. The van der Waals surface area contributed by atoms with Gasteiger partial charge in [0.15, 0.2) is 5.85 Å². The van der Waals surface area contributed by atoms with Crippen LogP contribution in [0.15, 0.2) is 0 Å². The Kier molecular flexibility index (Phi) is 1.91. The zero-order chi connectivity index (χ0) is 6.91. The topological polar surface area (TPSA) is 66.8 Å². The summed E-state index contributed by atoms with van der Waals surface area (Å²) >= 11 is 0. The van der Waals surface area contributed by atoms with Crippen molar-refractivity contribution >= 4 is 7.60 Å². The Morgan fingerprint density at radius 3 is 2.44 bits per heavy atom. The molecule has 0 saturated carbocycles. The highest BCUT2D eigenvalue weighted by atomic mass is 31.2. The summed E-state index contributed by atoms with van der Waals surface area (Å²) in [4.78, 5) is 17.0. The zero-order valence-corrected chi connectivity index (χ0v) is 5.75. The van der Waals surface area contributed by atoms with Crippen LogP contribution in [0, 0.1) is 0 Å². The summed E-state index contributed by atoms with van der Waals surface area (Å²) in [6.07, 6.45) is 1.25. The van der Waals surface area contributed by atoms with Crippen molar-refractivity contribution in [2.75, 3.05) is 6.61 Å². The van der Waals surface area contributed by atoms with Gasteiger partial charge in [0.25, 0.3) is 0 Å². The molecule has 0 spiro atoms. The second kappa shape index (κ2) is 2.39. The summed E-state index contributed by atoms with van der Waals surface area (Å²) in [5, 5.41) is 0. The van der Waals surface area contributed by atoms with Crippen molar-refractivity contribution in [1.82, 2.24) is 0 Å². The van der Waals surface area contributed by atoms with Crippen LogP contribution in [0.25, 0.3) is 0 Å². The van der Waals surface area contributed by atoms with Gasteiger partial charge in [-0.25, -0.2) is 0 Å². The van der Waals surface area contributed by atoms with E-state index in [1.807, 2.05) is 0 Å². The summed E-state index contributed by atoms with van der Waals surface area (Å²) < 4.78 is 15.2. The quantitative estimate of drug-likeness (QED) is 0.530.